The van der Waals surface area contributed by atoms with Crippen LogP contribution in [0.4, 0.5) is 5.69 Å². The van der Waals surface area contributed by atoms with Crippen LogP contribution >= 0.6 is 47.8 Å². The SMILES string of the molecule is CCC(Nc1c(Br)cc(Br)cc1Br)c1ccc(C)cc1. The van der Waals surface area contributed by atoms with Crippen LogP contribution in [0.5, 0.6) is 0 Å². The molecule has 1 atom stereocenters. The number of halogens is 3. The van der Waals surface area contributed by atoms with Crippen LogP contribution in [0.15, 0.2) is 49.8 Å². The first-order chi connectivity index (χ1) is 9.51. The average Bonchev–Trinajstić information content (AvgIpc) is 2.39. The zero-order valence-electron chi connectivity index (χ0n) is 11.4. The summed E-state index contributed by atoms with van der Waals surface area (Å²) in [7, 11) is 0. The lowest BCUT2D eigenvalue weighted by atomic mass is 10.0. The van der Waals surface area contributed by atoms with Crippen molar-refractivity contribution in [1.29, 1.82) is 0 Å². The van der Waals surface area contributed by atoms with Crippen molar-refractivity contribution in [3.8, 4) is 0 Å². The number of rotatable bonds is 4. The third-order valence-electron chi connectivity index (χ3n) is 3.21. The first-order valence-electron chi connectivity index (χ1n) is 6.49. The molecule has 2 aromatic rings. The van der Waals surface area contributed by atoms with Gasteiger partial charge in [0.2, 0.25) is 0 Å². The summed E-state index contributed by atoms with van der Waals surface area (Å²) in [5.41, 5.74) is 3.68. The predicted octanol–water partition coefficient (Wildman–Crippen LogP) is 6.85. The van der Waals surface area contributed by atoms with Crippen molar-refractivity contribution in [2.75, 3.05) is 5.32 Å². The Labute approximate surface area is 145 Å². The van der Waals surface area contributed by atoms with Gasteiger partial charge >= 0.3 is 0 Å². The summed E-state index contributed by atoms with van der Waals surface area (Å²) in [4.78, 5) is 0. The molecule has 1 nitrogen and oxygen atoms in total. The third kappa shape index (κ3) is 3.86. The van der Waals surface area contributed by atoms with E-state index < -0.39 is 0 Å². The topological polar surface area (TPSA) is 12.0 Å². The van der Waals surface area contributed by atoms with Gasteiger partial charge in [0, 0.05) is 13.4 Å². The zero-order chi connectivity index (χ0) is 14.7. The zero-order valence-corrected chi connectivity index (χ0v) is 16.1. The van der Waals surface area contributed by atoms with Crippen LogP contribution in [0.3, 0.4) is 0 Å². The highest BCUT2D eigenvalue weighted by molar-refractivity contribution is 9.11. The number of aryl methyl sites for hydroxylation is 1. The predicted molar refractivity (Wildman–Crippen MR) is 97.4 cm³/mol. The fraction of sp³-hybridized carbons (Fsp3) is 0.250. The molecule has 0 fully saturated rings. The van der Waals surface area contributed by atoms with E-state index in [0.29, 0.717) is 6.04 Å². The number of hydrogen-bond donors (Lipinski definition) is 1. The van der Waals surface area contributed by atoms with Gasteiger partial charge in [0.25, 0.3) is 0 Å². The van der Waals surface area contributed by atoms with Crippen LogP contribution in [0.2, 0.25) is 0 Å². The summed E-state index contributed by atoms with van der Waals surface area (Å²) < 4.78 is 3.14. The van der Waals surface area contributed by atoms with Gasteiger partial charge in [-0.25, -0.2) is 0 Å². The quantitative estimate of drug-likeness (QED) is 0.525. The molecule has 1 unspecified atom stereocenters. The van der Waals surface area contributed by atoms with E-state index in [1.165, 1.54) is 11.1 Å². The van der Waals surface area contributed by atoms with Crippen molar-refractivity contribution in [3.05, 3.63) is 60.9 Å². The minimum absolute atomic E-state index is 0.296. The highest BCUT2D eigenvalue weighted by Crippen LogP contribution is 2.37. The number of anilines is 1. The molecule has 0 aliphatic carbocycles. The van der Waals surface area contributed by atoms with E-state index in [2.05, 4.69) is 103 Å². The molecule has 0 aliphatic rings. The summed E-state index contributed by atoms with van der Waals surface area (Å²) in [6.45, 7) is 4.30. The summed E-state index contributed by atoms with van der Waals surface area (Å²) in [5, 5.41) is 3.61. The van der Waals surface area contributed by atoms with Crippen molar-refractivity contribution in [2.45, 2.75) is 26.3 Å². The Morgan fingerprint density at radius 3 is 2.05 bits per heavy atom. The van der Waals surface area contributed by atoms with Gasteiger partial charge in [-0.3, -0.25) is 0 Å². The largest absolute Gasteiger partial charge is 0.376 e. The van der Waals surface area contributed by atoms with E-state index >= 15 is 0 Å². The van der Waals surface area contributed by atoms with Gasteiger partial charge in [-0.05, 0) is 62.9 Å². The molecule has 0 radical (unpaired) electrons. The molecule has 1 N–H and O–H groups in total. The maximum atomic E-state index is 3.62. The van der Waals surface area contributed by atoms with E-state index in [0.717, 1.165) is 25.5 Å². The van der Waals surface area contributed by atoms with Gasteiger partial charge in [-0.1, -0.05) is 52.7 Å². The van der Waals surface area contributed by atoms with E-state index in [1.54, 1.807) is 0 Å². The summed E-state index contributed by atoms with van der Waals surface area (Å²) in [6.07, 6.45) is 1.03. The molecule has 0 aliphatic heterocycles. The lowest BCUT2D eigenvalue weighted by molar-refractivity contribution is 0.748. The van der Waals surface area contributed by atoms with Crippen LogP contribution in [0, 0.1) is 6.92 Å². The standard InChI is InChI=1S/C16H16Br3N/c1-3-15(11-6-4-10(2)5-7-11)20-16-13(18)8-12(17)9-14(16)19/h4-9,15,20H,3H2,1-2H3. The Morgan fingerprint density at radius 1 is 1.00 bits per heavy atom. The van der Waals surface area contributed by atoms with E-state index in [4.69, 9.17) is 0 Å². The number of nitrogens with one attached hydrogen (secondary N) is 1. The first kappa shape index (κ1) is 16.1. The molecule has 0 aromatic heterocycles. The lowest BCUT2D eigenvalue weighted by Gasteiger charge is -2.21. The second-order valence-electron chi connectivity index (χ2n) is 4.76. The van der Waals surface area contributed by atoms with Crippen LogP contribution in [0.25, 0.3) is 0 Å². The molecule has 0 saturated heterocycles. The summed E-state index contributed by atoms with van der Waals surface area (Å²) in [5.74, 6) is 0. The van der Waals surface area contributed by atoms with Gasteiger partial charge in [-0.15, -0.1) is 0 Å². The highest BCUT2D eigenvalue weighted by Gasteiger charge is 2.13. The van der Waals surface area contributed by atoms with Gasteiger partial charge in [0.05, 0.1) is 11.7 Å². The minimum Gasteiger partial charge on any atom is -0.376 e. The minimum atomic E-state index is 0.296. The number of hydrogen-bond acceptors (Lipinski definition) is 1. The third-order valence-corrected chi connectivity index (χ3v) is 4.92. The number of benzene rings is 2. The van der Waals surface area contributed by atoms with E-state index in [-0.39, 0.29) is 0 Å². The van der Waals surface area contributed by atoms with Crippen molar-refractivity contribution < 1.29 is 0 Å². The molecule has 20 heavy (non-hydrogen) atoms. The summed E-state index contributed by atoms with van der Waals surface area (Å²) in [6, 6.07) is 13.1. The van der Waals surface area contributed by atoms with Gasteiger partial charge < -0.3 is 5.32 Å². The molecule has 0 spiro atoms. The Hall–Kier alpha value is -0.320. The van der Waals surface area contributed by atoms with E-state index in [1.807, 2.05) is 0 Å². The van der Waals surface area contributed by atoms with Crippen molar-refractivity contribution >= 4 is 53.5 Å². The van der Waals surface area contributed by atoms with Crippen LogP contribution in [-0.2, 0) is 0 Å². The van der Waals surface area contributed by atoms with Crippen LogP contribution < -0.4 is 5.32 Å². The van der Waals surface area contributed by atoms with Crippen molar-refractivity contribution in [1.82, 2.24) is 0 Å². The Balaban J connectivity index is 2.29. The molecule has 106 valence electrons. The molecule has 0 saturated carbocycles. The normalized spacial score (nSPS) is 12.2. The van der Waals surface area contributed by atoms with Crippen molar-refractivity contribution in [2.24, 2.45) is 0 Å². The molecule has 0 bridgehead atoms. The van der Waals surface area contributed by atoms with Gasteiger partial charge in [-0.2, -0.15) is 0 Å². The fourth-order valence-corrected chi connectivity index (χ4v) is 4.56. The van der Waals surface area contributed by atoms with Gasteiger partial charge in [0.15, 0.2) is 0 Å². The second-order valence-corrected chi connectivity index (χ2v) is 7.38. The molecule has 4 heteroatoms. The lowest BCUT2D eigenvalue weighted by Crippen LogP contribution is -2.10. The van der Waals surface area contributed by atoms with Crippen LogP contribution in [0.1, 0.15) is 30.5 Å². The average molecular weight is 462 g/mol. The molecule has 0 amide bonds. The smallest absolute Gasteiger partial charge is 0.0634 e. The monoisotopic (exact) mass is 459 g/mol. The first-order valence-corrected chi connectivity index (χ1v) is 8.86. The fourth-order valence-electron chi connectivity index (χ4n) is 2.07. The Kier molecular flexibility index (Phi) is 5.70. The molecule has 0 heterocycles. The van der Waals surface area contributed by atoms with Crippen molar-refractivity contribution in [3.63, 3.8) is 0 Å². The second kappa shape index (κ2) is 7.10. The maximum absolute atomic E-state index is 3.62. The molecule has 2 rings (SSSR count). The molecule has 2 aromatic carbocycles. The highest BCUT2D eigenvalue weighted by atomic mass is 79.9. The molecular formula is C16H16Br3N. The van der Waals surface area contributed by atoms with Crippen LogP contribution in [-0.4, -0.2) is 0 Å². The maximum Gasteiger partial charge on any atom is 0.0634 e. The Morgan fingerprint density at radius 2 is 1.55 bits per heavy atom. The Bertz CT molecular complexity index is 570. The molecular weight excluding hydrogens is 446 g/mol. The van der Waals surface area contributed by atoms with Gasteiger partial charge in [0.1, 0.15) is 0 Å². The summed E-state index contributed by atoms with van der Waals surface area (Å²) >= 11 is 10.7. The van der Waals surface area contributed by atoms with E-state index in [9.17, 15) is 0 Å².